The third-order valence-corrected chi connectivity index (χ3v) is 4.31. The van der Waals surface area contributed by atoms with Crippen LogP contribution in [-0.4, -0.2) is 11.0 Å². The quantitative estimate of drug-likeness (QED) is 0.380. The van der Waals surface area contributed by atoms with Crippen molar-refractivity contribution < 1.29 is 4.79 Å². The first kappa shape index (κ1) is 19.6. The summed E-state index contributed by atoms with van der Waals surface area (Å²) in [5.74, 6) is -0.334. The Bertz CT molecular complexity index is 988. The number of rotatable bonds is 5. The summed E-state index contributed by atoms with van der Waals surface area (Å²) >= 11 is 11.2. The molecule has 0 saturated carbocycles. The van der Waals surface area contributed by atoms with E-state index >= 15 is 0 Å². The Morgan fingerprint density at radius 2 is 1.43 bits per heavy atom. The zero-order valence-corrected chi connectivity index (χ0v) is 16.4. The number of benzene rings is 3. The minimum Gasteiger partial charge on any atom is -0.356 e. The summed E-state index contributed by atoms with van der Waals surface area (Å²) in [7, 11) is 0. The van der Waals surface area contributed by atoms with Crippen molar-refractivity contribution in [1.29, 1.82) is 0 Å². The van der Waals surface area contributed by atoms with Gasteiger partial charge in [0.1, 0.15) is 0 Å². The molecule has 0 aliphatic rings. The molecular formula is C22H18ClN3OS. The number of anilines is 3. The molecule has 1 amide bonds. The summed E-state index contributed by atoms with van der Waals surface area (Å²) < 4.78 is 0. The zero-order valence-electron chi connectivity index (χ0n) is 14.9. The molecule has 0 heterocycles. The summed E-state index contributed by atoms with van der Waals surface area (Å²) in [6.45, 7) is 0. The van der Waals surface area contributed by atoms with Gasteiger partial charge in [-0.3, -0.25) is 10.1 Å². The summed E-state index contributed by atoms with van der Waals surface area (Å²) in [6, 6.07) is 24.8. The highest BCUT2D eigenvalue weighted by atomic mass is 35.5. The van der Waals surface area contributed by atoms with Gasteiger partial charge in [-0.1, -0.05) is 48.0 Å². The smallest absolute Gasteiger partial charge is 0.250 e. The van der Waals surface area contributed by atoms with Crippen LogP contribution in [0, 0.1) is 0 Å². The van der Waals surface area contributed by atoms with Crippen molar-refractivity contribution in [3.8, 4) is 0 Å². The van der Waals surface area contributed by atoms with Crippen LogP contribution in [0.1, 0.15) is 5.56 Å². The average molecular weight is 408 g/mol. The van der Waals surface area contributed by atoms with Gasteiger partial charge >= 0.3 is 0 Å². The van der Waals surface area contributed by atoms with Crippen molar-refractivity contribution in [1.82, 2.24) is 5.32 Å². The topological polar surface area (TPSA) is 53.2 Å². The van der Waals surface area contributed by atoms with E-state index in [-0.39, 0.29) is 11.0 Å². The predicted octanol–water partition coefficient (Wildman–Crippen LogP) is 5.61. The van der Waals surface area contributed by atoms with E-state index in [4.69, 9.17) is 23.8 Å². The van der Waals surface area contributed by atoms with Gasteiger partial charge in [0.25, 0.3) is 0 Å². The number of thiocarbonyl (C=S) groups is 1. The van der Waals surface area contributed by atoms with Crippen molar-refractivity contribution in [2.45, 2.75) is 0 Å². The van der Waals surface area contributed by atoms with Gasteiger partial charge in [0.15, 0.2) is 5.11 Å². The summed E-state index contributed by atoms with van der Waals surface area (Å²) in [5, 5.41) is 9.70. The van der Waals surface area contributed by atoms with Crippen LogP contribution in [0.25, 0.3) is 6.08 Å². The Balaban J connectivity index is 1.51. The van der Waals surface area contributed by atoms with E-state index in [1.54, 1.807) is 12.1 Å². The second-order valence-corrected chi connectivity index (χ2v) is 6.68. The summed E-state index contributed by atoms with van der Waals surface area (Å²) in [5.41, 5.74) is 3.50. The number of amides is 1. The fraction of sp³-hybridized carbons (Fsp3) is 0. The van der Waals surface area contributed by atoms with E-state index in [1.165, 1.54) is 6.08 Å². The molecule has 0 aromatic heterocycles. The first-order valence-electron chi connectivity index (χ1n) is 8.57. The Hall–Kier alpha value is -3.15. The molecule has 0 aliphatic heterocycles. The first-order valence-corrected chi connectivity index (χ1v) is 9.35. The monoisotopic (exact) mass is 407 g/mol. The van der Waals surface area contributed by atoms with Crippen LogP contribution in [0.2, 0.25) is 5.02 Å². The van der Waals surface area contributed by atoms with Crippen LogP contribution in [0.3, 0.4) is 0 Å². The van der Waals surface area contributed by atoms with Gasteiger partial charge in [-0.25, -0.2) is 0 Å². The van der Waals surface area contributed by atoms with Crippen LogP contribution in [0.5, 0.6) is 0 Å². The Kier molecular flexibility index (Phi) is 6.78. The number of carbonyl (C=O) groups excluding carboxylic acids is 1. The van der Waals surface area contributed by atoms with Crippen molar-refractivity contribution in [3.05, 3.63) is 95.5 Å². The van der Waals surface area contributed by atoms with E-state index in [2.05, 4.69) is 16.0 Å². The minimum atomic E-state index is -0.334. The zero-order chi connectivity index (χ0) is 19.8. The van der Waals surface area contributed by atoms with Crippen molar-refractivity contribution in [3.63, 3.8) is 0 Å². The Labute approximate surface area is 174 Å². The summed E-state index contributed by atoms with van der Waals surface area (Å²) in [6.07, 6.45) is 3.03. The predicted molar refractivity (Wildman–Crippen MR) is 121 cm³/mol. The van der Waals surface area contributed by atoms with Gasteiger partial charge < -0.3 is 10.6 Å². The van der Waals surface area contributed by atoms with Crippen molar-refractivity contribution >= 4 is 58.0 Å². The molecule has 3 rings (SSSR count). The van der Waals surface area contributed by atoms with E-state index in [9.17, 15) is 4.79 Å². The minimum absolute atomic E-state index is 0.220. The molecule has 0 unspecified atom stereocenters. The Morgan fingerprint density at radius 3 is 2.14 bits per heavy atom. The lowest BCUT2D eigenvalue weighted by Gasteiger charge is -2.10. The standard InChI is InChI=1S/C22H18ClN3OS/c23-20-9-5-4-6-16(20)10-15-21(27)26-22(28)25-19-13-11-18(12-14-19)24-17-7-2-1-3-8-17/h1-15,24H,(H2,25,26,27,28). The van der Waals surface area contributed by atoms with Crippen LogP contribution < -0.4 is 16.0 Å². The first-order chi connectivity index (χ1) is 13.6. The molecule has 0 bridgehead atoms. The highest BCUT2D eigenvalue weighted by molar-refractivity contribution is 7.80. The number of hydrogen-bond acceptors (Lipinski definition) is 3. The van der Waals surface area contributed by atoms with Crippen molar-refractivity contribution in [2.24, 2.45) is 0 Å². The normalized spacial score (nSPS) is 10.5. The maximum Gasteiger partial charge on any atom is 0.250 e. The van der Waals surface area contributed by atoms with Crippen LogP contribution in [0.4, 0.5) is 17.1 Å². The second-order valence-electron chi connectivity index (χ2n) is 5.87. The molecule has 6 heteroatoms. The molecule has 0 saturated heterocycles. The molecular weight excluding hydrogens is 390 g/mol. The second kappa shape index (κ2) is 9.69. The van der Waals surface area contributed by atoms with Crippen LogP contribution in [-0.2, 0) is 4.79 Å². The number of halogens is 1. The van der Waals surface area contributed by atoms with E-state index < -0.39 is 0 Å². The fourth-order valence-electron chi connectivity index (χ4n) is 2.42. The van der Waals surface area contributed by atoms with Gasteiger partial charge in [-0.2, -0.15) is 0 Å². The third kappa shape index (κ3) is 5.94. The molecule has 140 valence electrons. The lowest BCUT2D eigenvalue weighted by atomic mass is 10.2. The van der Waals surface area contributed by atoms with Gasteiger partial charge in [0, 0.05) is 28.2 Å². The van der Waals surface area contributed by atoms with Gasteiger partial charge in [-0.05, 0) is 66.3 Å². The van der Waals surface area contributed by atoms with E-state index in [0.29, 0.717) is 5.02 Å². The maximum atomic E-state index is 12.0. The maximum absolute atomic E-state index is 12.0. The van der Waals surface area contributed by atoms with Gasteiger partial charge in [0.2, 0.25) is 5.91 Å². The highest BCUT2D eigenvalue weighted by Crippen LogP contribution is 2.19. The van der Waals surface area contributed by atoms with Crippen molar-refractivity contribution in [2.75, 3.05) is 10.6 Å². The molecule has 0 radical (unpaired) electrons. The molecule has 3 N–H and O–H groups in total. The number of nitrogens with one attached hydrogen (secondary N) is 3. The van der Waals surface area contributed by atoms with Crippen LogP contribution >= 0.6 is 23.8 Å². The fourth-order valence-corrected chi connectivity index (χ4v) is 2.83. The molecule has 4 nitrogen and oxygen atoms in total. The largest absolute Gasteiger partial charge is 0.356 e. The Morgan fingerprint density at radius 1 is 0.821 bits per heavy atom. The molecule has 0 atom stereocenters. The lowest BCUT2D eigenvalue weighted by molar-refractivity contribution is -0.115. The molecule has 0 fully saturated rings. The van der Waals surface area contributed by atoms with Gasteiger partial charge in [0.05, 0.1) is 0 Å². The molecule has 3 aromatic rings. The summed E-state index contributed by atoms with van der Waals surface area (Å²) in [4.78, 5) is 12.0. The molecule has 28 heavy (non-hydrogen) atoms. The van der Waals surface area contributed by atoms with Gasteiger partial charge in [-0.15, -0.1) is 0 Å². The molecule has 0 spiro atoms. The average Bonchev–Trinajstić information content (AvgIpc) is 2.69. The molecule has 0 aliphatic carbocycles. The highest BCUT2D eigenvalue weighted by Gasteiger charge is 2.03. The number of hydrogen-bond donors (Lipinski definition) is 3. The van der Waals surface area contributed by atoms with E-state index in [0.717, 1.165) is 22.6 Å². The van der Waals surface area contributed by atoms with E-state index in [1.807, 2.05) is 72.8 Å². The molecule has 3 aromatic carbocycles. The number of para-hydroxylation sites is 1. The lowest BCUT2D eigenvalue weighted by Crippen LogP contribution is -2.32. The van der Waals surface area contributed by atoms with Crippen LogP contribution in [0.15, 0.2) is 84.9 Å². The number of carbonyl (C=O) groups is 1. The SMILES string of the molecule is O=C(C=Cc1ccccc1Cl)NC(=S)Nc1ccc(Nc2ccccc2)cc1. The third-order valence-electron chi connectivity index (χ3n) is 3.76.